The molecule has 1 heterocycles. The van der Waals surface area contributed by atoms with Crippen LogP contribution in [0.25, 0.3) is 0 Å². The van der Waals surface area contributed by atoms with Crippen LogP contribution in [-0.2, 0) is 4.74 Å². The second kappa shape index (κ2) is 5.37. The largest absolute Gasteiger partial charge is 0.368 e. The average Bonchev–Trinajstić information content (AvgIpc) is 2.27. The number of benzene rings is 1. The van der Waals surface area contributed by atoms with Gasteiger partial charge in [0.2, 0.25) is 0 Å². The van der Waals surface area contributed by atoms with Gasteiger partial charge in [0, 0.05) is 13.1 Å². The third-order valence-corrected chi connectivity index (χ3v) is 3.12. The lowest BCUT2D eigenvalue weighted by atomic mass is 9.88. The minimum atomic E-state index is -0.200. The van der Waals surface area contributed by atoms with Gasteiger partial charge in [0.1, 0.15) is 5.82 Å². The zero-order valence-corrected chi connectivity index (χ0v) is 11.4. The van der Waals surface area contributed by atoms with Crippen molar-refractivity contribution in [3.63, 3.8) is 0 Å². The molecule has 0 spiro atoms. The summed E-state index contributed by atoms with van der Waals surface area (Å²) in [6.45, 7) is 8.26. The fourth-order valence-electron chi connectivity index (χ4n) is 2.41. The second-order valence-corrected chi connectivity index (χ2v) is 6.22. The Bertz CT molecular complexity index is 400. The van der Waals surface area contributed by atoms with Gasteiger partial charge in [0.15, 0.2) is 0 Å². The van der Waals surface area contributed by atoms with Crippen molar-refractivity contribution >= 4 is 0 Å². The SMILES string of the molecule is CC(C)(C)CC1CNCC(c2cccc(F)c2)O1. The molecule has 0 amide bonds. The van der Waals surface area contributed by atoms with Gasteiger partial charge >= 0.3 is 0 Å². The fourth-order valence-corrected chi connectivity index (χ4v) is 2.41. The van der Waals surface area contributed by atoms with E-state index in [1.54, 1.807) is 12.1 Å². The molecule has 1 aliphatic heterocycles. The van der Waals surface area contributed by atoms with Gasteiger partial charge in [-0.1, -0.05) is 32.9 Å². The standard InChI is InChI=1S/C15H22FNO/c1-15(2,3)8-13-9-17-10-14(18-13)11-5-4-6-12(16)7-11/h4-7,13-14,17H,8-10H2,1-3H3. The summed E-state index contributed by atoms with van der Waals surface area (Å²) in [7, 11) is 0. The quantitative estimate of drug-likeness (QED) is 0.871. The lowest BCUT2D eigenvalue weighted by Crippen LogP contribution is -2.42. The third-order valence-electron chi connectivity index (χ3n) is 3.12. The van der Waals surface area contributed by atoms with Crippen LogP contribution in [0.3, 0.4) is 0 Å². The maximum Gasteiger partial charge on any atom is 0.123 e. The molecule has 1 aromatic carbocycles. The van der Waals surface area contributed by atoms with E-state index in [1.807, 2.05) is 6.07 Å². The second-order valence-electron chi connectivity index (χ2n) is 6.22. The summed E-state index contributed by atoms with van der Waals surface area (Å²) in [5, 5.41) is 3.38. The van der Waals surface area contributed by atoms with Crippen molar-refractivity contribution < 1.29 is 9.13 Å². The number of morpholine rings is 1. The Hall–Kier alpha value is -0.930. The predicted octanol–water partition coefficient (Wildman–Crippen LogP) is 3.29. The molecule has 2 atom stereocenters. The lowest BCUT2D eigenvalue weighted by Gasteiger charge is -2.34. The summed E-state index contributed by atoms with van der Waals surface area (Å²) in [5.41, 5.74) is 1.16. The average molecular weight is 251 g/mol. The van der Waals surface area contributed by atoms with Crippen molar-refractivity contribution in [3.05, 3.63) is 35.6 Å². The Morgan fingerprint density at radius 1 is 1.33 bits per heavy atom. The first-order valence-corrected chi connectivity index (χ1v) is 6.56. The van der Waals surface area contributed by atoms with Crippen LogP contribution in [0.5, 0.6) is 0 Å². The summed E-state index contributed by atoms with van der Waals surface area (Å²) in [4.78, 5) is 0. The summed E-state index contributed by atoms with van der Waals surface area (Å²) in [6, 6.07) is 6.69. The third kappa shape index (κ3) is 3.79. The number of rotatable bonds is 2. The van der Waals surface area contributed by atoms with Crippen molar-refractivity contribution in [3.8, 4) is 0 Å². The van der Waals surface area contributed by atoms with Crippen molar-refractivity contribution in [1.82, 2.24) is 5.32 Å². The molecule has 18 heavy (non-hydrogen) atoms. The highest BCUT2D eigenvalue weighted by molar-refractivity contribution is 5.19. The Balaban J connectivity index is 2.02. The minimum absolute atomic E-state index is 0.0400. The Labute approximate surface area is 109 Å². The highest BCUT2D eigenvalue weighted by atomic mass is 19.1. The molecule has 2 rings (SSSR count). The van der Waals surface area contributed by atoms with Crippen LogP contribution in [0.1, 0.15) is 38.9 Å². The number of hydrogen-bond acceptors (Lipinski definition) is 2. The first kappa shape index (κ1) is 13.5. The first-order valence-electron chi connectivity index (χ1n) is 6.56. The van der Waals surface area contributed by atoms with Crippen LogP contribution in [0.15, 0.2) is 24.3 Å². The summed E-state index contributed by atoms with van der Waals surface area (Å²) in [5.74, 6) is -0.200. The summed E-state index contributed by atoms with van der Waals surface area (Å²) in [6.07, 6.45) is 1.17. The maximum absolute atomic E-state index is 13.2. The van der Waals surface area contributed by atoms with Crippen molar-refractivity contribution in [1.29, 1.82) is 0 Å². The molecule has 100 valence electrons. The minimum Gasteiger partial charge on any atom is -0.368 e. The summed E-state index contributed by atoms with van der Waals surface area (Å²) < 4.78 is 19.3. The van der Waals surface area contributed by atoms with Gasteiger partial charge < -0.3 is 10.1 Å². The Morgan fingerprint density at radius 2 is 2.11 bits per heavy atom. The normalized spacial score (nSPS) is 25.1. The molecule has 0 aromatic heterocycles. The summed E-state index contributed by atoms with van der Waals surface area (Å²) >= 11 is 0. The number of nitrogens with one attached hydrogen (secondary N) is 1. The molecular formula is C15H22FNO. The number of ether oxygens (including phenoxy) is 1. The topological polar surface area (TPSA) is 21.3 Å². The zero-order valence-electron chi connectivity index (χ0n) is 11.4. The van der Waals surface area contributed by atoms with Gasteiger partial charge in [0.25, 0.3) is 0 Å². The van der Waals surface area contributed by atoms with Gasteiger partial charge in [-0.15, -0.1) is 0 Å². The molecule has 0 aliphatic carbocycles. The maximum atomic E-state index is 13.2. The Morgan fingerprint density at radius 3 is 2.78 bits per heavy atom. The molecule has 1 aromatic rings. The van der Waals surface area contributed by atoms with Crippen molar-refractivity contribution in [2.24, 2.45) is 5.41 Å². The molecule has 1 fully saturated rings. The van der Waals surface area contributed by atoms with Gasteiger partial charge in [-0.05, 0) is 29.5 Å². The Kier molecular flexibility index (Phi) is 4.03. The van der Waals surface area contributed by atoms with Crippen LogP contribution in [0.2, 0.25) is 0 Å². The molecule has 1 saturated heterocycles. The van der Waals surface area contributed by atoms with E-state index in [0.717, 1.165) is 25.1 Å². The monoisotopic (exact) mass is 251 g/mol. The molecule has 0 saturated carbocycles. The molecule has 2 nitrogen and oxygen atoms in total. The molecule has 0 radical (unpaired) electrons. The van der Waals surface area contributed by atoms with E-state index >= 15 is 0 Å². The lowest BCUT2D eigenvalue weighted by molar-refractivity contribution is -0.0553. The van der Waals surface area contributed by atoms with Gasteiger partial charge in [0.05, 0.1) is 12.2 Å². The van der Waals surface area contributed by atoms with Gasteiger partial charge in [-0.25, -0.2) is 4.39 Å². The van der Waals surface area contributed by atoms with Gasteiger partial charge in [-0.2, -0.15) is 0 Å². The van der Waals surface area contributed by atoms with Crippen LogP contribution in [0, 0.1) is 11.2 Å². The van der Waals surface area contributed by atoms with Crippen LogP contribution in [0.4, 0.5) is 4.39 Å². The van der Waals surface area contributed by atoms with E-state index < -0.39 is 0 Å². The fraction of sp³-hybridized carbons (Fsp3) is 0.600. The van der Waals surface area contributed by atoms with E-state index in [0.29, 0.717) is 0 Å². The first-order chi connectivity index (χ1) is 8.44. The molecule has 0 bridgehead atoms. The predicted molar refractivity (Wildman–Crippen MR) is 71.0 cm³/mol. The molecule has 1 N–H and O–H groups in total. The molecule has 3 heteroatoms. The van der Waals surface area contributed by atoms with Crippen LogP contribution >= 0.6 is 0 Å². The molecular weight excluding hydrogens is 229 g/mol. The van der Waals surface area contributed by atoms with Crippen LogP contribution < -0.4 is 5.32 Å². The van der Waals surface area contributed by atoms with Gasteiger partial charge in [-0.3, -0.25) is 0 Å². The van der Waals surface area contributed by atoms with E-state index in [9.17, 15) is 4.39 Å². The van der Waals surface area contributed by atoms with E-state index in [2.05, 4.69) is 26.1 Å². The highest BCUT2D eigenvalue weighted by Gasteiger charge is 2.27. The zero-order chi connectivity index (χ0) is 13.2. The number of halogens is 1. The smallest absolute Gasteiger partial charge is 0.123 e. The highest BCUT2D eigenvalue weighted by Crippen LogP contribution is 2.28. The van der Waals surface area contributed by atoms with Crippen LogP contribution in [-0.4, -0.2) is 19.2 Å². The van der Waals surface area contributed by atoms with E-state index in [-0.39, 0.29) is 23.4 Å². The molecule has 2 unspecified atom stereocenters. The van der Waals surface area contributed by atoms with E-state index in [1.165, 1.54) is 6.07 Å². The number of hydrogen-bond donors (Lipinski definition) is 1. The molecule has 1 aliphatic rings. The van der Waals surface area contributed by atoms with Crippen molar-refractivity contribution in [2.75, 3.05) is 13.1 Å². The van der Waals surface area contributed by atoms with E-state index in [4.69, 9.17) is 4.74 Å². The van der Waals surface area contributed by atoms with Crippen molar-refractivity contribution in [2.45, 2.75) is 39.4 Å².